The number of rotatable bonds is 5. The molecule has 1 rings (SSSR count). The van der Waals surface area contributed by atoms with Gasteiger partial charge in [0.15, 0.2) is 0 Å². The molecule has 1 aromatic carbocycles. The monoisotopic (exact) mass is 265 g/mol. The maximum Gasteiger partial charge on any atom is 0.124 e. The normalized spacial score (nSPS) is 10.7. The van der Waals surface area contributed by atoms with Crippen molar-refractivity contribution in [3.8, 4) is 11.8 Å². The van der Waals surface area contributed by atoms with Gasteiger partial charge in [-0.25, -0.2) is 4.39 Å². The molecule has 1 aromatic rings. The zero-order valence-corrected chi connectivity index (χ0v) is 11.4. The summed E-state index contributed by atoms with van der Waals surface area (Å²) < 4.78 is 13.5. The first-order valence-electron chi connectivity index (χ1n) is 6.31. The van der Waals surface area contributed by atoms with Crippen molar-refractivity contribution in [1.29, 1.82) is 0 Å². The lowest BCUT2D eigenvalue weighted by molar-refractivity contribution is 0.159. The molecule has 0 saturated carbocycles. The number of aliphatic hydroxyl groups is 2. The van der Waals surface area contributed by atoms with Crippen molar-refractivity contribution < 1.29 is 14.6 Å². The van der Waals surface area contributed by atoms with Gasteiger partial charge in [-0.1, -0.05) is 11.8 Å². The summed E-state index contributed by atoms with van der Waals surface area (Å²) in [5, 5.41) is 17.7. The molecule has 0 aromatic heterocycles. The predicted molar refractivity (Wildman–Crippen MR) is 73.0 cm³/mol. The molecule has 0 aliphatic rings. The highest BCUT2D eigenvalue weighted by atomic mass is 19.1. The van der Waals surface area contributed by atoms with Gasteiger partial charge in [0, 0.05) is 24.7 Å². The maximum atomic E-state index is 13.5. The van der Waals surface area contributed by atoms with Gasteiger partial charge in [0.25, 0.3) is 0 Å². The molecule has 0 heterocycles. The van der Waals surface area contributed by atoms with Crippen molar-refractivity contribution in [3.63, 3.8) is 0 Å². The van der Waals surface area contributed by atoms with Crippen LogP contribution >= 0.6 is 0 Å². The third-order valence-electron chi connectivity index (χ3n) is 2.77. The Balaban J connectivity index is 2.90. The third kappa shape index (κ3) is 5.39. The fourth-order valence-electron chi connectivity index (χ4n) is 1.84. The molecule has 0 saturated heterocycles. The Morgan fingerprint density at radius 3 is 2.58 bits per heavy atom. The lowest BCUT2D eigenvalue weighted by Crippen LogP contribution is -2.32. The smallest absolute Gasteiger partial charge is 0.124 e. The van der Waals surface area contributed by atoms with Crippen LogP contribution in [0.2, 0.25) is 0 Å². The summed E-state index contributed by atoms with van der Waals surface area (Å²) in [5.41, 5.74) is 1.36. The lowest BCUT2D eigenvalue weighted by atomic mass is 10.1. The van der Waals surface area contributed by atoms with Crippen molar-refractivity contribution in [1.82, 2.24) is 4.90 Å². The minimum atomic E-state index is -0.340. The van der Waals surface area contributed by atoms with Gasteiger partial charge in [0.05, 0.1) is 6.61 Å². The molecular formula is C15H20FNO2. The molecule has 104 valence electrons. The van der Waals surface area contributed by atoms with E-state index in [1.165, 1.54) is 12.1 Å². The van der Waals surface area contributed by atoms with Crippen molar-refractivity contribution in [3.05, 3.63) is 35.1 Å². The Labute approximate surface area is 113 Å². The summed E-state index contributed by atoms with van der Waals surface area (Å²) in [6.07, 6.45) is 0. The van der Waals surface area contributed by atoms with Gasteiger partial charge in [-0.3, -0.25) is 4.90 Å². The summed E-state index contributed by atoms with van der Waals surface area (Å²) in [6.45, 7) is 5.00. The number of hydrogen-bond donors (Lipinski definition) is 2. The molecule has 2 N–H and O–H groups in total. The standard InChI is InChI=1S/C15H20FNO2/c1-12(2)17(5-7-19)11-14-8-13(4-3-6-18)9-15(16)10-14/h8-10,12,18-19H,5-7,11H2,1-2H3. The fourth-order valence-corrected chi connectivity index (χ4v) is 1.84. The van der Waals surface area contributed by atoms with Crippen molar-refractivity contribution in [2.45, 2.75) is 26.4 Å². The molecular weight excluding hydrogens is 245 g/mol. The summed E-state index contributed by atoms with van der Waals surface area (Å²) in [4.78, 5) is 2.05. The minimum absolute atomic E-state index is 0.0741. The van der Waals surface area contributed by atoms with E-state index in [9.17, 15) is 4.39 Å². The second kappa shape index (κ2) is 7.90. The average Bonchev–Trinajstić information content (AvgIpc) is 2.35. The predicted octanol–water partition coefficient (Wildman–Crippen LogP) is 1.37. The number of hydrogen-bond acceptors (Lipinski definition) is 3. The Bertz CT molecular complexity index is 463. The van der Waals surface area contributed by atoms with E-state index >= 15 is 0 Å². The summed E-state index contributed by atoms with van der Waals surface area (Å²) in [6, 6.07) is 4.88. The highest BCUT2D eigenvalue weighted by molar-refractivity contribution is 5.37. The van der Waals surface area contributed by atoms with Crippen LogP contribution in [0.25, 0.3) is 0 Å². The Kier molecular flexibility index (Phi) is 6.51. The van der Waals surface area contributed by atoms with E-state index in [-0.39, 0.29) is 25.1 Å². The van der Waals surface area contributed by atoms with Gasteiger partial charge >= 0.3 is 0 Å². The van der Waals surface area contributed by atoms with E-state index < -0.39 is 0 Å². The fraction of sp³-hybridized carbons (Fsp3) is 0.467. The first-order valence-corrected chi connectivity index (χ1v) is 6.31. The average molecular weight is 265 g/mol. The van der Waals surface area contributed by atoms with Gasteiger partial charge < -0.3 is 10.2 Å². The molecule has 4 heteroatoms. The number of halogens is 1. The molecule has 0 bridgehead atoms. The van der Waals surface area contributed by atoms with Crippen LogP contribution in [0.15, 0.2) is 18.2 Å². The van der Waals surface area contributed by atoms with E-state index in [0.29, 0.717) is 18.7 Å². The summed E-state index contributed by atoms with van der Waals surface area (Å²) >= 11 is 0. The van der Waals surface area contributed by atoms with Crippen LogP contribution in [0, 0.1) is 17.7 Å². The second-order valence-corrected chi connectivity index (χ2v) is 4.60. The van der Waals surface area contributed by atoms with Gasteiger partial charge in [-0.15, -0.1) is 0 Å². The first-order chi connectivity index (χ1) is 9.06. The van der Waals surface area contributed by atoms with Gasteiger partial charge in [0.1, 0.15) is 12.4 Å². The van der Waals surface area contributed by atoms with E-state index in [1.54, 1.807) is 6.07 Å². The van der Waals surface area contributed by atoms with Crippen LogP contribution in [-0.2, 0) is 6.54 Å². The van der Waals surface area contributed by atoms with Crippen LogP contribution in [0.3, 0.4) is 0 Å². The maximum absolute atomic E-state index is 13.5. The van der Waals surface area contributed by atoms with Crippen LogP contribution < -0.4 is 0 Å². The van der Waals surface area contributed by atoms with Crippen molar-refractivity contribution in [2.24, 2.45) is 0 Å². The zero-order valence-electron chi connectivity index (χ0n) is 11.4. The van der Waals surface area contributed by atoms with E-state index in [2.05, 4.69) is 16.7 Å². The lowest BCUT2D eigenvalue weighted by Gasteiger charge is -2.25. The Morgan fingerprint density at radius 1 is 1.26 bits per heavy atom. The topological polar surface area (TPSA) is 43.7 Å². The summed E-state index contributed by atoms with van der Waals surface area (Å²) in [5.74, 6) is 4.87. The highest BCUT2D eigenvalue weighted by Gasteiger charge is 2.10. The Morgan fingerprint density at radius 2 is 2.00 bits per heavy atom. The molecule has 0 unspecified atom stereocenters. The Hall–Kier alpha value is -1.41. The molecule has 0 aliphatic carbocycles. The second-order valence-electron chi connectivity index (χ2n) is 4.60. The molecule has 19 heavy (non-hydrogen) atoms. The SMILES string of the molecule is CC(C)N(CCO)Cc1cc(F)cc(C#CCO)c1. The first kappa shape index (κ1) is 15.6. The number of nitrogens with zero attached hydrogens (tertiary/aromatic N) is 1. The highest BCUT2D eigenvalue weighted by Crippen LogP contribution is 2.12. The van der Waals surface area contributed by atoms with Crippen molar-refractivity contribution >= 4 is 0 Å². The van der Waals surface area contributed by atoms with E-state index in [4.69, 9.17) is 10.2 Å². The van der Waals surface area contributed by atoms with E-state index in [0.717, 1.165) is 5.56 Å². The quantitative estimate of drug-likeness (QED) is 0.790. The van der Waals surface area contributed by atoms with Crippen molar-refractivity contribution in [2.75, 3.05) is 19.8 Å². The van der Waals surface area contributed by atoms with Crippen LogP contribution in [-0.4, -0.2) is 40.9 Å². The molecule has 0 atom stereocenters. The van der Waals surface area contributed by atoms with Crippen LogP contribution in [0.4, 0.5) is 4.39 Å². The van der Waals surface area contributed by atoms with E-state index in [1.807, 2.05) is 13.8 Å². The third-order valence-corrected chi connectivity index (χ3v) is 2.77. The zero-order chi connectivity index (χ0) is 14.3. The number of benzene rings is 1. The molecule has 0 radical (unpaired) electrons. The molecule has 0 amide bonds. The molecule has 0 aliphatic heterocycles. The summed E-state index contributed by atoms with van der Waals surface area (Å²) in [7, 11) is 0. The molecule has 0 fully saturated rings. The largest absolute Gasteiger partial charge is 0.395 e. The van der Waals surface area contributed by atoms with Gasteiger partial charge in [0.2, 0.25) is 0 Å². The van der Waals surface area contributed by atoms with Crippen LogP contribution in [0.1, 0.15) is 25.0 Å². The van der Waals surface area contributed by atoms with Gasteiger partial charge in [-0.05, 0) is 37.6 Å². The minimum Gasteiger partial charge on any atom is -0.395 e. The molecule has 0 spiro atoms. The number of aliphatic hydroxyl groups excluding tert-OH is 2. The van der Waals surface area contributed by atoms with Crippen LogP contribution in [0.5, 0.6) is 0 Å². The van der Waals surface area contributed by atoms with Gasteiger partial charge in [-0.2, -0.15) is 0 Å². The molecule has 3 nitrogen and oxygen atoms in total.